The summed E-state index contributed by atoms with van der Waals surface area (Å²) in [6.07, 6.45) is 3.22. The average Bonchev–Trinajstić information content (AvgIpc) is 2.41. The molecule has 0 radical (unpaired) electrons. The van der Waals surface area contributed by atoms with Gasteiger partial charge in [0.15, 0.2) is 0 Å². The molecule has 20 heavy (non-hydrogen) atoms. The van der Waals surface area contributed by atoms with Crippen molar-refractivity contribution in [3.05, 3.63) is 64.7 Å². The van der Waals surface area contributed by atoms with Crippen LogP contribution in [0, 0.1) is 6.92 Å². The number of nitrogen functional groups attached to an aromatic ring is 1. The molecule has 1 amide bonds. The number of amides is 1. The molecule has 0 aliphatic rings. The van der Waals surface area contributed by atoms with Gasteiger partial charge in [0.05, 0.1) is 11.4 Å². The molecule has 0 saturated heterocycles. The lowest BCUT2D eigenvalue weighted by molar-refractivity contribution is -0.111. The fraction of sp³-hybridized carbons (Fsp3) is 0.0625. The van der Waals surface area contributed by atoms with Crippen LogP contribution in [-0.2, 0) is 4.79 Å². The van der Waals surface area contributed by atoms with Crippen molar-refractivity contribution in [2.75, 3.05) is 11.1 Å². The van der Waals surface area contributed by atoms with Crippen LogP contribution in [0.15, 0.2) is 48.5 Å². The van der Waals surface area contributed by atoms with E-state index in [0.717, 1.165) is 5.56 Å². The molecule has 0 unspecified atom stereocenters. The monoisotopic (exact) mass is 286 g/mol. The second-order valence-electron chi connectivity index (χ2n) is 4.46. The Balaban J connectivity index is 2.03. The van der Waals surface area contributed by atoms with Gasteiger partial charge in [0.25, 0.3) is 0 Å². The van der Waals surface area contributed by atoms with Crippen molar-refractivity contribution < 1.29 is 4.79 Å². The molecule has 0 atom stereocenters. The van der Waals surface area contributed by atoms with Crippen molar-refractivity contribution in [3.8, 4) is 0 Å². The van der Waals surface area contributed by atoms with Crippen LogP contribution in [0.25, 0.3) is 6.08 Å². The first-order valence-corrected chi connectivity index (χ1v) is 6.53. The lowest BCUT2D eigenvalue weighted by Crippen LogP contribution is -2.09. The van der Waals surface area contributed by atoms with Crippen molar-refractivity contribution >= 4 is 35.0 Å². The van der Waals surface area contributed by atoms with E-state index in [9.17, 15) is 4.79 Å². The van der Waals surface area contributed by atoms with Crippen LogP contribution in [-0.4, -0.2) is 5.91 Å². The van der Waals surface area contributed by atoms with E-state index in [4.69, 9.17) is 17.3 Å². The maximum absolute atomic E-state index is 11.8. The zero-order valence-electron chi connectivity index (χ0n) is 11.1. The zero-order valence-corrected chi connectivity index (χ0v) is 11.8. The van der Waals surface area contributed by atoms with Gasteiger partial charge >= 0.3 is 0 Å². The number of nitrogens with two attached hydrogens (primary N) is 1. The summed E-state index contributed by atoms with van der Waals surface area (Å²) in [6, 6.07) is 12.8. The average molecular weight is 287 g/mol. The lowest BCUT2D eigenvalue weighted by Gasteiger charge is -2.06. The molecule has 0 heterocycles. The Labute approximate surface area is 123 Å². The number of carbonyl (C=O) groups is 1. The number of hydrogen-bond acceptors (Lipinski definition) is 2. The minimum absolute atomic E-state index is 0.236. The van der Waals surface area contributed by atoms with Crippen molar-refractivity contribution in [2.45, 2.75) is 6.92 Å². The molecule has 2 aromatic rings. The van der Waals surface area contributed by atoms with E-state index >= 15 is 0 Å². The predicted octanol–water partition coefficient (Wildman–Crippen LogP) is 3.88. The van der Waals surface area contributed by atoms with Crippen molar-refractivity contribution in [3.63, 3.8) is 0 Å². The van der Waals surface area contributed by atoms with Gasteiger partial charge in [-0.3, -0.25) is 4.79 Å². The van der Waals surface area contributed by atoms with Crippen molar-refractivity contribution in [1.29, 1.82) is 0 Å². The molecule has 0 spiro atoms. The number of carbonyl (C=O) groups excluding carboxylic acids is 1. The van der Waals surface area contributed by atoms with Crippen LogP contribution in [0.4, 0.5) is 11.4 Å². The number of rotatable bonds is 3. The highest BCUT2D eigenvalue weighted by Crippen LogP contribution is 2.22. The normalized spacial score (nSPS) is 10.7. The molecule has 3 nitrogen and oxygen atoms in total. The van der Waals surface area contributed by atoms with Gasteiger partial charge in [0.2, 0.25) is 5.91 Å². The lowest BCUT2D eigenvalue weighted by atomic mass is 10.1. The maximum Gasteiger partial charge on any atom is 0.248 e. The summed E-state index contributed by atoms with van der Waals surface area (Å²) in [5.74, 6) is -0.236. The molecule has 4 heteroatoms. The number of halogens is 1. The Morgan fingerprint density at radius 1 is 1.20 bits per heavy atom. The Morgan fingerprint density at radius 3 is 2.55 bits per heavy atom. The summed E-state index contributed by atoms with van der Waals surface area (Å²) >= 11 is 5.80. The summed E-state index contributed by atoms with van der Waals surface area (Å²) < 4.78 is 0. The number of anilines is 2. The fourth-order valence-corrected chi connectivity index (χ4v) is 1.85. The van der Waals surface area contributed by atoms with Crippen molar-refractivity contribution in [2.24, 2.45) is 0 Å². The SMILES string of the molecule is Cc1ccc(/C=C/C(=O)Nc2ccc(Cl)cc2N)cc1. The Kier molecular flexibility index (Phi) is 4.43. The first-order valence-electron chi connectivity index (χ1n) is 6.15. The third-order valence-electron chi connectivity index (χ3n) is 2.78. The first-order chi connectivity index (χ1) is 9.54. The van der Waals surface area contributed by atoms with Crippen molar-refractivity contribution in [1.82, 2.24) is 0 Å². The molecule has 0 saturated carbocycles. The largest absolute Gasteiger partial charge is 0.397 e. The molecule has 2 rings (SSSR count). The number of benzene rings is 2. The molecule has 0 aliphatic carbocycles. The van der Waals surface area contributed by atoms with Gasteiger partial charge < -0.3 is 11.1 Å². The van der Waals surface area contributed by atoms with Gasteiger partial charge in [0, 0.05) is 11.1 Å². The van der Waals surface area contributed by atoms with E-state index in [0.29, 0.717) is 16.4 Å². The van der Waals surface area contributed by atoms with Gasteiger partial charge in [-0.05, 0) is 36.8 Å². The molecule has 0 bridgehead atoms. The van der Waals surface area contributed by atoms with Gasteiger partial charge in [-0.1, -0.05) is 41.4 Å². The van der Waals surface area contributed by atoms with E-state index in [1.54, 1.807) is 24.3 Å². The number of hydrogen-bond donors (Lipinski definition) is 2. The van der Waals surface area contributed by atoms with E-state index in [2.05, 4.69) is 5.32 Å². The Hall–Kier alpha value is -2.26. The second-order valence-corrected chi connectivity index (χ2v) is 4.90. The molecule has 3 N–H and O–H groups in total. The van der Waals surface area contributed by atoms with Crippen LogP contribution >= 0.6 is 11.6 Å². The van der Waals surface area contributed by atoms with Crippen LogP contribution in [0.2, 0.25) is 5.02 Å². The molecule has 0 aliphatic heterocycles. The third-order valence-corrected chi connectivity index (χ3v) is 3.01. The summed E-state index contributed by atoms with van der Waals surface area (Å²) in [6.45, 7) is 2.02. The van der Waals surface area contributed by atoms with E-state index in [1.165, 1.54) is 11.6 Å². The minimum atomic E-state index is -0.236. The number of aryl methyl sites for hydroxylation is 1. The van der Waals surface area contributed by atoms with Gasteiger partial charge in [-0.15, -0.1) is 0 Å². The van der Waals surface area contributed by atoms with Crippen LogP contribution in [0.1, 0.15) is 11.1 Å². The highest BCUT2D eigenvalue weighted by atomic mass is 35.5. The topological polar surface area (TPSA) is 55.1 Å². The summed E-state index contributed by atoms with van der Waals surface area (Å²) in [7, 11) is 0. The number of nitrogens with one attached hydrogen (secondary N) is 1. The van der Waals surface area contributed by atoms with E-state index in [1.807, 2.05) is 31.2 Å². The molecule has 102 valence electrons. The minimum Gasteiger partial charge on any atom is -0.397 e. The molecular weight excluding hydrogens is 272 g/mol. The maximum atomic E-state index is 11.8. The highest BCUT2D eigenvalue weighted by Gasteiger charge is 2.02. The predicted molar refractivity (Wildman–Crippen MR) is 84.7 cm³/mol. The molecule has 0 aromatic heterocycles. The van der Waals surface area contributed by atoms with Gasteiger partial charge in [-0.25, -0.2) is 0 Å². The van der Waals surface area contributed by atoms with Gasteiger partial charge in [-0.2, -0.15) is 0 Å². The van der Waals surface area contributed by atoms with E-state index < -0.39 is 0 Å². The standard InChI is InChI=1S/C16H15ClN2O/c1-11-2-4-12(5-3-11)6-9-16(20)19-15-8-7-13(17)10-14(15)18/h2-10H,18H2,1H3,(H,19,20)/b9-6+. The quantitative estimate of drug-likeness (QED) is 0.664. The van der Waals surface area contributed by atoms with Crippen LogP contribution in [0.3, 0.4) is 0 Å². The van der Waals surface area contributed by atoms with E-state index in [-0.39, 0.29) is 5.91 Å². The molecule has 2 aromatic carbocycles. The third kappa shape index (κ3) is 3.87. The van der Waals surface area contributed by atoms with Gasteiger partial charge in [0.1, 0.15) is 0 Å². The second kappa shape index (κ2) is 6.26. The molecule has 0 fully saturated rings. The van der Waals surface area contributed by atoms with Crippen LogP contribution < -0.4 is 11.1 Å². The molecular formula is C16H15ClN2O. The highest BCUT2D eigenvalue weighted by molar-refractivity contribution is 6.31. The zero-order chi connectivity index (χ0) is 14.5. The smallest absolute Gasteiger partial charge is 0.248 e. The Bertz CT molecular complexity index is 648. The summed E-state index contributed by atoms with van der Waals surface area (Å²) in [5.41, 5.74) is 8.91. The fourth-order valence-electron chi connectivity index (χ4n) is 1.67. The summed E-state index contributed by atoms with van der Waals surface area (Å²) in [5, 5.41) is 3.25. The Morgan fingerprint density at radius 2 is 1.90 bits per heavy atom. The first kappa shape index (κ1) is 14.2. The van der Waals surface area contributed by atoms with Crippen LogP contribution in [0.5, 0.6) is 0 Å². The summed E-state index contributed by atoms with van der Waals surface area (Å²) in [4.78, 5) is 11.8.